The Morgan fingerprint density at radius 3 is 2.45 bits per heavy atom. The Kier molecular flexibility index (Phi) is 2.89. The molecule has 3 rings (SSSR count). The number of nitrogens with zero attached hydrogens (tertiary/aromatic N) is 2. The van der Waals surface area contributed by atoms with E-state index in [0.717, 1.165) is 17.5 Å². The highest BCUT2D eigenvalue weighted by Gasteiger charge is 2.30. The minimum Gasteiger partial charge on any atom is -0.237 e. The van der Waals surface area contributed by atoms with Crippen molar-refractivity contribution in [2.45, 2.75) is 6.18 Å². The van der Waals surface area contributed by atoms with Gasteiger partial charge in [-0.05, 0) is 41.5 Å². The summed E-state index contributed by atoms with van der Waals surface area (Å²) in [6.45, 7) is 0. The maximum Gasteiger partial charge on any atom is 0.416 e. The van der Waals surface area contributed by atoms with Crippen LogP contribution in [0.25, 0.3) is 22.2 Å². The second kappa shape index (κ2) is 4.59. The first-order valence-electron chi connectivity index (χ1n) is 5.93. The largest absolute Gasteiger partial charge is 0.416 e. The standard InChI is InChI=1S/C15H9F3N2/c16-15(17,18)11-4-1-3-10(9-11)12-6-8-20-14-13(12)5-2-7-19-14/h1-9H. The third kappa shape index (κ3) is 2.22. The molecule has 0 spiro atoms. The first-order chi connectivity index (χ1) is 9.55. The quantitative estimate of drug-likeness (QED) is 0.660. The van der Waals surface area contributed by atoms with Gasteiger partial charge in [0, 0.05) is 17.8 Å². The maximum absolute atomic E-state index is 12.8. The number of alkyl halides is 3. The van der Waals surface area contributed by atoms with Gasteiger partial charge < -0.3 is 0 Å². The van der Waals surface area contributed by atoms with Crippen LogP contribution in [0, 0.1) is 0 Å². The van der Waals surface area contributed by atoms with Crippen LogP contribution in [0.2, 0.25) is 0 Å². The number of rotatable bonds is 1. The van der Waals surface area contributed by atoms with Gasteiger partial charge in [0.25, 0.3) is 0 Å². The van der Waals surface area contributed by atoms with Crippen LogP contribution in [0.1, 0.15) is 5.56 Å². The molecule has 0 fully saturated rings. The van der Waals surface area contributed by atoms with Gasteiger partial charge in [0.1, 0.15) is 0 Å². The molecule has 0 amide bonds. The van der Waals surface area contributed by atoms with Gasteiger partial charge in [0.2, 0.25) is 0 Å². The molecule has 0 aliphatic carbocycles. The minimum absolute atomic E-state index is 0.500. The fourth-order valence-electron chi connectivity index (χ4n) is 2.10. The number of halogens is 3. The number of hydrogen-bond donors (Lipinski definition) is 0. The van der Waals surface area contributed by atoms with E-state index in [9.17, 15) is 13.2 Å². The Bertz CT molecular complexity index is 761. The molecule has 0 aliphatic rings. The molecule has 2 heterocycles. The second-order valence-electron chi connectivity index (χ2n) is 4.31. The zero-order valence-electron chi connectivity index (χ0n) is 10.2. The van der Waals surface area contributed by atoms with Gasteiger partial charge in [0.05, 0.1) is 5.56 Å². The number of fused-ring (bicyclic) bond motifs is 1. The monoisotopic (exact) mass is 274 g/mol. The molecule has 5 heteroatoms. The average Bonchev–Trinajstić information content (AvgIpc) is 2.46. The maximum atomic E-state index is 12.8. The van der Waals surface area contributed by atoms with Crippen LogP contribution >= 0.6 is 0 Å². The molecule has 0 N–H and O–H groups in total. The number of benzene rings is 1. The van der Waals surface area contributed by atoms with E-state index in [-0.39, 0.29) is 0 Å². The van der Waals surface area contributed by atoms with Gasteiger partial charge >= 0.3 is 6.18 Å². The predicted octanol–water partition coefficient (Wildman–Crippen LogP) is 4.32. The molecule has 0 radical (unpaired) electrons. The molecular weight excluding hydrogens is 265 g/mol. The van der Waals surface area contributed by atoms with E-state index < -0.39 is 11.7 Å². The van der Waals surface area contributed by atoms with Crippen LogP contribution < -0.4 is 0 Å². The fourth-order valence-corrected chi connectivity index (χ4v) is 2.10. The van der Waals surface area contributed by atoms with E-state index in [4.69, 9.17) is 0 Å². The van der Waals surface area contributed by atoms with Gasteiger partial charge in [0.15, 0.2) is 5.65 Å². The van der Waals surface area contributed by atoms with Crippen LogP contribution in [0.3, 0.4) is 0 Å². The molecule has 0 unspecified atom stereocenters. The Morgan fingerprint density at radius 2 is 1.65 bits per heavy atom. The summed E-state index contributed by atoms with van der Waals surface area (Å²) in [4.78, 5) is 8.21. The summed E-state index contributed by atoms with van der Waals surface area (Å²) in [6.07, 6.45) is -1.20. The smallest absolute Gasteiger partial charge is 0.237 e. The topological polar surface area (TPSA) is 25.8 Å². The lowest BCUT2D eigenvalue weighted by Gasteiger charge is -2.10. The van der Waals surface area contributed by atoms with Gasteiger partial charge in [-0.15, -0.1) is 0 Å². The van der Waals surface area contributed by atoms with Crippen molar-refractivity contribution < 1.29 is 13.2 Å². The van der Waals surface area contributed by atoms with Crippen molar-refractivity contribution in [3.8, 4) is 11.1 Å². The molecular formula is C15H9F3N2. The summed E-state index contributed by atoms with van der Waals surface area (Å²) in [6, 6.07) is 10.5. The van der Waals surface area contributed by atoms with Crippen LogP contribution in [0.5, 0.6) is 0 Å². The third-order valence-electron chi connectivity index (χ3n) is 3.02. The molecule has 0 saturated carbocycles. The summed E-state index contributed by atoms with van der Waals surface area (Å²) >= 11 is 0. The van der Waals surface area contributed by atoms with Crippen molar-refractivity contribution in [1.82, 2.24) is 9.97 Å². The summed E-state index contributed by atoms with van der Waals surface area (Å²) in [7, 11) is 0. The van der Waals surface area contributed by atoms with E-state index >= 15 is 0 Å². The predicted molar refractivity (Wildman–Crippen MR) is 70.0 cm³/mol. The van der Waals surface area contributed by atoms with E-state index in [1.54, 1.807) is 36.7 Å². The van der Waals surface area contributed by atoms with Crippen LogP contribution in [0.4, 0.5) is 13.2 Å². The average molecular weight is 274 g/mol. The molecule has 1 aromatic carbocycles. The minimum atomic E-state index is -4.35. The van der Waals surface area contributed by atoms with Crippen molar-refractivity contribution in [2.24, 2.45) is 0 Å². The number of aromatic nitrogens is 2. The number of pyridine rings is 2. The second-order valence-corrected chi connectivity index (χ2v) is 4.31. The van der Waals surface area contributed by atoms with Crippen molar-refractivity contribution in [1.29, 1.82) is 0 Å². The normalized spacial score (nSPS) is 11.8. The van der Waals surface area contributed by atoms with E-state index in [1.165, 1.54) is 6.07 Å². The lowest BCUT2D eigenvalue weighted by Crippen LogP contribution is -2.04. The highest BCUT2D eigenvalue weighted by Crippen LogP contribution is 2.33. The molecule has 100 valence electrons. The first-order valence-corrected chi connectivity index (χ1v) is 5.93. The fraction of sp³-hybridized carbons (Fsp3) is 0.0667. The first kappa shape index (κ1) is 12.6. The van der Waals surface area contributed by atoms with Crippen molar-refractivity contribution in [3.05, 3.63) is 60.4 Å². The molecule has 3 aromatic rings. The van der Waals surface area contributed by atoms with E-state index in [1.807, 2.05) is 0 Å². The Morgan fingerprint density at radius 1 is 0.850 bits per heavy atom. The highest BCUT2D eigenvalue weighted by molar-refractivity contribution is 5.92. The van der Waals surface area contributed by atoms with E-state index in [0.29, 0.717) is 16.8 Å². The van der Waals surface area contributed by atoms with Crippen molar-refractivity contribution in [2.75, 3.05) is 0 Å². The zero-order valence-corrected chi connectivity index (χ0v) is 10.2. The third-order valence-corrected chi connectivity index (χ3v) is 3.02. The molecule has 0 bridgehead atoms. The molecule has 0 aliphatic heterocycles. The van der Waals surface area contributed by atoms with Gasteiger partial charge in [-0.25, -0.2) is 9.97 Å². The summed E-state index contributed by atoms with van der Waals surface area (Å²) in [5, 5.41) is 0.731. The van der Waals surface area contributed by atoms with Crippen molar-refractivity contribution in [3.63, 3.8) is 0 Å². The van der Waals surface area contributed by atoms with Gasteiger partial charge in [-0.2, -0.15) is 13.2 Å². The highest BCUT2D eigenvalue weighted by atomic mass is 19.4. The van der Waals surface area contributed by atoms with Crippen LogP contribution in [-0.2, 0) is 6.18 Å². The SMILES string of the molecule is FC(F)(F)c1cccc(-c2ccnc3ncccc23)c1. The Hall–Kier alpha value is -2.43. The molecule has 0 saturated heterocycles. The molecule has 2 aromatic heterocycles. The zero-order chi connectivity index (χ0) is 14.2. The Balaban J connectivity index is 2.21. The van der Waals surface area contributed by atoms with Gasteiger partial charge in [-0.3, -0.25) is 0 Å². The van der Waals surface area contributed by atoms with Crippen LogP contribution in [-0.4, -0.2) is 9.97 Å². The molecule has 2 nitrogen and oxygen atoms in total. The lowest BCUT2D eigenvalue weighted by atomic mass is 10.0. The summed E-state index contributed by atoms with van der Waals surface area (Å²) in [5.74, 6) is 0. The van der Waals surface area contributed by atoms with Crippen molar-refractivity contribution >= 4 is 11.0 Å². The summed E-state index contributed by atoms with van der Waals surface area (Å²) in [5.41, 5.74) is 1.04. The lowest BCUT2D eigenvalue weighted by molar-refractivity contribution is -0.137. The van der Waals surface area contributed by atoms with Gasteiger partial charge in [-0.1, -0.05) is 12.1 Å². The number of hydrogen-bond acceptors (Lipinski definition) is 2. The summed E-state index contributed by atoms with van der Waals surface area (Å²) < 4.78 is 38.3. The van der Waals surface area contributed by atoms with Crippen LogP contribution in [0.15, 0.2) is 54.9 Å². The molecule has 0 atom stereocenters. The Labute approximate surface area is 112 Å². The van der Waals surface area contributed by atoms with E-state index in [2.05, 4.69) is 9.97 Å². The molecule has 20 heavy (non-hydrogen) atoms.